The highest BCUT2D eigenvalue weighted by Crippen LogP contribution is 2.18. The standard InChI is InChI=1S/C17H19ClN2OS/c1-21-16-7-3-2-5-13(16)6-4-12-19-17(22)20-15-10-8-14(18)9-11-15/h2-3,5,7-11H,4,6,12H2,1H3,(H2,19,20,22). The topological polar surface area (TPSA) is 33.3 Å². The fraction of sp³-hybridized carbons (Fsp3) is 0.235. The predicted octanol–water partition coefficient (Wildman–Crippen LogP) is 4.27. The fourth-order valence-corrected chi connectivity index (χ4v) is 2.44. The minimum atomic E-state index is 0.613. The van der Waals surface area contributed by atoms with Crippen LogP contribution in [0.4, 0.5) is 5.69 Å². The minimum Gasteiger partial charge on any atom is -0.496 e. The third kappa shape index (κ3) is 5.20. The third-order valence-electron chi connectivity index (χ3n) is 3.20. The van der Waals surface area contributed by atoms with Gasteiger partial charge in [-0.2, -0.15) is 0 Å². The van der Waals surface area contributed by atoms with Crippen LogP contribution in [0.15, 0.2) is 48.5 Å². The summed E-state index contributed by atoms with van der Waals surface area (Å²) in [6.07, 6.45) is 1.92. The number of para-hydroxylation sites is 1. The molecule has 0 aliphatic heterocycles. The number of hydrogen-bond acceptors (Lipinski definition) is 2. The zero-order chi connectivity index (χ0) is 15.8. The summed E-state index contributed by atoms with van der Waals surface area (Å²) in [5.74, 6) is 0.935. The molecule has 5 heteroatoms. The number of benzene rings is 2. The van der Waals surface area contributed by atoms with Gasteiger partial charge in [-0.3, -0.25) is 0 Å². The van der Waals surface area contributed by atoms with Crippen molar-refractivity contribution in [2.45, 2.75) is 12.8 Å². The quantitative estimate of drug-likeness (QED) is 0.610. The smallest absolute Gasteiger partial charge is 0.170 e. The number of nitrogens with one attached hydrogen (secondary N) is 2. The molecule has 2 rings (SSSR count). The van der Waals surface area contributed by atoms with Gasteiger partial charge in [0.05, 0.1) is 7.11 Å². The van der Waals surface area contributed by atoms with E-state index in [-0.39, 0.29) is 0 Å². The van der Waals surface area contributed by atoms with E-state index in [4.69, 9.17) is 28.6 Å². The van der Waals surface area contributed by atoms with Crippen molar-refractivity contribution < 1.29 is 4.74 Å². The zero-order valence-electron chi connectivity index (χ0n) is 12.4. The summed E-state index contributed by atoms with van der Waals surface area (Å²) in [6.45, 7) is 0.803. The predicted molar refractivity (Wildman–Crippen MR) is 97.0 cm³/mol. The van der Waals surface area contributed by atoms with Crippen LogP contribution in [-0.4, -0.2) is 18.8 Å². The zero-order valence-corrected chi connectivity index (χ0v) is 14.0. The van der Waals surface area contributed by atoms with Gasteiger partial charge >= 0.3 is 0 Å². The molecule has 0 atom stereocenters. The molecule has 0 saturated carbocycles. The number of hydrogen-bond donors (Lipinski definition) is 2. The SMILES string of the molecule is COc1ccccc1CCCNC(=S)Nc1ccc(Cl)cc1. The number of methoxy groups -OCH3 is 1. The second kappa shape index (κ2) is 8.61. The summed E-state index contributed by atoms with van der Waals surface area (Å²) in [7, 11) is 1.70. The summed E-state index contributed by atoms with van der Waals surface area (Å²) in [5, 5.41) is 7.65. The molecule has 2 aromatic carbocycles. The van der Waals surface area contributed by atoms with Crippen molar-refractivity contribution in [3.05, 3.63) is 59.1 Å². The molecular formula is C17H19ClN2OS. The lowest BCUT2D eigenvalue weighted by Crippen LogP contribution is -2.29. The maximum Gasteiger partial charge on any atom is 0.170 e. The average molecular weight is 335 g/mol. The van der Waals surface area contributed by atoms with E-state index >= 15 is 0 Å². The second-order valence-corrected chi connectivity index (χ2v) is 5.65. The Morgan fingerprint density at radius 1 is 1.14 bits per heavy atom. The van der Waals surface area contributed by atoms with Crippen LogP contribution in [0.3, 0.4) is 0 Å². The molecule has 0 bridgehead atoms. The lowest BCUT2D eigenvalue weighted by Gasteiger charge is -2.11. The van der Waals surface area contributed by atoms with Gasteiger partial charge in [-0.05, 0) is 61.0 Å². The first-order valence-corrected chi connectivity index (χ1v) is 7.90. The van der Waals surface area contributed by atoms with Crippen LogP contribution in [0.25, 0.3) is 0 Å². The van der Waals surface area contributed by atoms with E-state index in [1.165, 1.54) is 5.56 Å². The second-order valence-electron chi connectivity index (χ2n) is 4.80. The summed E-state index contributed by atoms with van der Waals surface area (Å²) in [6, 6.07) is 15.5. The largest absolute Gasteiger partial charge is 0.496 e. The number of aryl methyl sites for hydroxylation is 1. The first-order chi connectivity index (χ1) is 10.7. The lowest BCUT2D eigenvalue weighted by atomic mass is 10.1. The molecule has 0 saturated heterocycles. The van der Waals surface area contributed by atoms with Crippen LogP contribution in [-0.2, 0) is 6.42 Å². The molecule has 0 radical (unpaired) electrons. The van der Waals surface area contributed by atoms with Crippen molar-refractivity contribution in [2.24, 2.45) is 0 Å². The maximum absolute atomic E-state index is 5.85. The Morgan fingerprint density at radius 3 is 2.59 bits per heavy atom. The maximum atomic E-state index is 5.85. The highest BCUT2D eigenvalue weighted by molar-refractivity contribution is 7.80. The summed E-state index contributed by atoms with van der Waals surface area (Å²) in [4.78, 5) is 0. The van der Waals surface area contributed by atoms with Crippen LogP contribution in [0.5, 0.6) is 5.75 Å². The Kier molecular flexibility index (Phi) is 6.49. The van der Waals surface area contributed by atoms with E-state index in [1.807, 2.05) is 42.5 Å². The van der Waals surface area contributed by atoms with Gasteiger partial charge in [0.15, 0.2) is 5.11 Å². The number of rotatable bonds is 6. The molecule has 0 unspecified atom stereocenters. The highest BCUT2D eigenvalue weighted by Gasteiger charge is 2.02. The summed E-state index contributed by atoms with van der Waals surface area (Å²) in [5.41, 5.74) is 2.13. The van der Waals surface area contributed by atoms with Crippen LogP contribution < -0.4 is 15.4 Å². The monoisotopic (exact) mass is 334 g/mol. The molecule has 0 aromatic heterocycles. The van der Waals surface area contributed by atoms with Gasteiger partial charge in [0.2, 0.25) is 0 Å². The van der Waals surface area contributed by atoms with Gasteiger partial charge in [0.25, 0.3) is 0 Å². The first kappa shape index (κ1) is 16.6. The highest BCUT2D eigenvalue weighted by atomic mass is 35.5. The van der Waals surface area contributed by atoms with Crippen molar-refractivity contribution in [1.29, 1.82) is 0 Å². The van der Waals surface area contributed by atoms with Crippen molar-refractivity contribution in [2.75, 3.05) is 19.0 Å². The first-order valence-electron chi connectivity index (χ1n) is 7.11. The molecule has 116 valence electrons. The number of halogens is 1. The van der Waals surface area contributed by atoms with Crippen LogP contribution in [0, 0.1) is 0 Å². The number of ether oxygens (including phenoxy) is 1. The van der Waals surface area contributed by atoms with Gasteiger partial charge in [-0.1, -0.05) is 29.8 Å². The molecule has 0 spiro atoms. The van der Waals surface area contributed by atoms with Crippen molar-refractivity contribution >= 4 is 34.6 Å². The lowest BCUT2D eigenvalue weighted by molar-refractivity contribution is 0.409. The van der Waals surface area contributed by atoms with Gasteiger partial charge in [-0.15, -0.1) is 0 Å². The van der Waals surface area contributed by atoms with E-state index in [0.717, 1.165) is 30.8 Å². The molecule has 2 N–H and O–H groups in total. The van der Waals surface area contributed by atoms with E-state index < -0.39 is 0 Å². The number of anilines is 1. The summed E-state index contributed by atoms with van der Waals surface area (Å²) >= 11 is 11.1. The van der Waals surface area contributed by atoms with E-state index in [1.54, 1.807) is 7.11 Å². The third-order valence-corrected chi connectivity index (χ3v) is 3.70. The van der Waals surface area contributed by atoms with E-state index in [9.17, 15) is 0 Å². The molecule has 0 amide bonds. The van der Waals surface area contributed by atoms with Gasteiger partial charge in [0.1, 0.15) is 5.75 Å². The van der Waals surface area contributed by atoms with Gasteiger partial charge < -0.3 is 15.4 Å². The van der Waals surface area contributed by atoms with Crippen LogP contribution >= 0.6 is 23.8 Å². The van der Waals surface area contributed by atoms with E-state index in [0.29, 0.717) is 10.1 Å². The van der Waals surface area contributed by atoms with Crippen LogP contribution in [0.1, 0.15) is 12.0 Å². The Labute approximate surface area is 141 Å². The van der Waals surface area contributed by atoms with Gasteiger partial charge in [0, 0.05) is 17.3 Å². The minimum absolute atomic E-state index is 0.613. The normalized spacial score (nSPS) is 10.1. The molecule has 0 fully saturated rings. The van der Waals surface area contributed by atoms with Gasteiger partial charge in [-0.25, -0.2) is 0 Å². The van der Waals surface area contributed by atoms with Crippen molar-refractivity contribution in [3.8, 4) is 5.75 Å². The molecule has 3 nitrogen and oxygen atoms in total. The molecule has 0 heterocycles. The van der Waals surface area contributed by atoms with Crippen molar-refractivity contribution in [1.82, 2.24) is 5.32 Å². The Bertz CT molecular complexity index is 616. The molecule has 0 aliphatic carbocycles. The Morgan fingerprint density at radius 2 is 1.86 bits per heavy atom. The van der Waals surface area contributed by atoms with Crippen LogP contribution in [0.2, 0.25) is 5.02 Å². The summed E-state index contributed by atoms with van der Waals surface area (Å²) < 4.78 is 5.34. The molecular weight excluding hydrogens is 316 g/mol. The number of thiocarbonyl (C=S) groups is 1. The van der Waals surface area contributed by atoms with Crippen molar-refractivity contribution in [3.63, 3.8) is 0 Å². The average Bonchev–Trinajstić information content (AvgIpc) is 2.54. The molecule has 2 aromatic rings. The van der Waals surface area contributed by atoms with E-state index in [2.05, 4.69) is 16.7 Å². The molecule has 0 aliphatic rings. The molecule has 22 heavy (non-hydrogen) atoms. The Balaban J connectivity index is 1.72. The Hall–Kier alpha value is -1.78. The fourth-order valence-electron chi connectivity index (χ4n) is 2.10.